The zero-order valence-electron chi connectivity index (χ0n) is 14.2. The lowest BCUT2D eigenvalue weighted by atomic mass is 10.1. The molecular formula is C19H19F3N2OS. The van der Waals surface area contributed by atoms with Crippen molar-refractivity contribution in [1.29, 1.82) is 0 Å². The van der Waals surface area contributed by atoms with Crippen molar-refractivity contribution in [2.75, 3.05) is 17.6 Å². The summed E-state index contributed by atoms with van der Waals surface area (Å²) < 4.78 is 38.2. The van der Waals surface area contributed by atoms with E-state index in [1.807, 2.05) is 24.3 Å². The SMILES string of the molecule is CCc1ccc(NC(=O)N2CCS[C@@H]2c2ccc(C(F)(F)F)cc2)cc1. The lowest BCUT2D eigenvalue weighted by Crippen LogP contribution is -2.34. The van der Waals surface area contributed by atoms with E-state index in [2.05, 4.69) is 12.2 Å². The van der Waals surface area contributed by atoms with Gasteiger partial charge in [0.2, 0.25) is 0 Å². The molecule has 1 aliphatic heterocycles. The van der Waals surface area contributed by atoms with Crippen LogP contribution in [0, 0.1) is 0 Å². The molecule has 1 saturated heterocycles. The number of carbonyl (C=O) groups is 1. The van der Waals surface area contributed by atoms with Crippen molar-refractivity contribution < 1.29 is 18.0 Å². The molecule has 1 atom stereocenters. The molecule has 1 heterocycles. The summed E-state index contributed by atoms with van der Waals surface area (Å²) in [6, 6.07) is 12.4. The maximum atomic E-state index is 12.7. The number of benzene rings is 2. The zero-order valence-corrected chi connectivity index (χ0v) is 15.0. The molecule has 0 radical (unpaired) electrons. The molecule has 7 heteroatoms. The van der Waals surface area contributed by atoms with Gasteiger partial charge in [-0.1, -0.05) is 31.2 Å². The van der Waals surface area contributed by atoms with Gasteiger partial charge in [0.05, 0.1) is 5.56 Å². The number of alkyl halides is 3. The molecule has 0 unspecified atom stereocenters. The topological polar surface area (TPSA) is 32.3 Å². The van der Waals surface area contributed by atoms with Gasteiger partial charge in [-0.25, -0.2) is 4.79 Å². The molecule has 2 amide bonds. The second kappa shape index (κ2) is 7.61. The first-order valence-corrected chi connectivity index (χ1v) is 9.38. The largest absolute Gasteiger partial charge is 0.416 e. The van der Waals surface area contributed by atoms with Gasteiger partial charge in [-0.05, 0) is 41.8 Å². The van der Waals surface area contributed by atoms with E-state index in [9.17, 15) is 18.0 Å². The number of aryl methyl sites for hydroxylation is 1. The Morgan fingerprint density at radius 2 is 1.81 bits per heavy atom. The predicted molar refractivity (Wildman–Crippen MR) is 98.2 cm³/mol. The molecule has 2 aromatic rings. The third-order valence-electron chi connectivity index (χ3n) is 4.29. The minimum absolute atomic E-state index is 0.246. The fourth-order valence-corrected chi connectivity index (χ4v) is 4.07. The first-order valence-electron chi connectivity index (χ1n) is 8.34. The molecule has 3 rings (SSSR count). The molecule has 3 nitrogen and oxygen atoms in total. The smallest absolute Gasteiger partial charge is 0.308 e. The number of amides is 2. The number of carbonyl (C=O) groups excluding carboxylic acids is 1. The first-order chi connectivity index (χ1) is 12.4. The maximum absolute atomic E-state index is 12.7. The van der Waals surface area contributed by atoms with Crippen molar-refractivity contribution in [3.05, 3.63) is 65.2 Å². The summed E-state index contributed by atoms with van der Waals surface area (Å²) in [4.78, 5) is 14.3. The second-order valence-electron chi connectivity index (χ2n) is 6.02. The number of anilines is 1. The number of rotatable bonds is 3. The summed E-state index contributed by atoms with van der Waals surface area (Å²) in [7, 11) is 0. The molecule has 0 aliphatic carbocycles. The summed E-state index contributed by atoms with van der Waals surface area (Å²) >= 11 is 1.55. The van der Waals surface area contributed by atoms with Crippen LogP contribution in [0.5, 0.6) is 0 Å². The van der Waals surface area contributed by atoms with Gasteiger partial charge in [0, 0.05) is 18.0 Å². The average Bonchev–Trinajstić information content (AvgIpc) is 3.11. The van der Waals surface area contributed by atoms with Crippen LogP contribution >= 0.6 is 11.8 Å². The van der Waals surface area contributed by atoms with Crippen LogP contribution < -0.4 is 5.32 Å². The minimum atomic E-state index is -4.36. The normalized spacial score (nSPS) is 17.4. The highest BCUT2D eigenvalue weighted by Crippen LogP contribution is 2.39. The third-order valence-corrected chi connectivity index (χ3v) is 5.55. The van der Waals surface area contributed by atoms with Gasteiger partial charge >= 0.3 is 12.2 Å². The van der Waals surface area contributed by atoms with Crippen molar-refractivity contribution in [2.45, 2.75) is 24.9 Å². The van der Waals surface area contributed by atoms with Crippen LogP contribution in [0.25, 0.3) is 0 Å². The Kier molecular flexibility index (Phi) is 5.46. The Balaban J connectivity index is 1.71. The van der Waals surface area contributed by atoms with Crippen molar-refractivity contribution in [3.63, 3.8) is 0 Å². The highest BCUT2D eigenvalue weighted by atomic mass is 32.2. The van der Waals surface area contributed by atoms with Crippen LogP contribution in [0.2, 0.25) is 0 Å². The van der Waals surface area contributed by atoms with E-state index in [1.165, 1.54) is 17.7 Å². The van der Waals surface area contributed by atoms with Gasteiger partial charge in [0.1, 0.15) is 5.37 Å². The van der Waals surface area contributed by atoms with Gasteiger partial charge < -0.3 is 10.2 Å². The maximum Gasteiger partial charge on any atom is 0.416 e. The van der Waals surface area contributed by atoms with Crippen molar-refractivity contribution in [1.82, 2.24) is 4.90 Å². The van der Waals surface area contributed by atoms with Crippen LogP contribution in [-0.2, 0) is 12.6 Å². The quantitative estimate of drug-likeness (QED) is 0.757. The number of nitrogens with zero attached hydrogens (tertiary/aromatic N) is 1. The Hall–Kier alpha value is -2.15. The standard InChI is InChI=1S/C19H19F3N2OS/c1-2-13-3-9-16(10-4-13)23-18(25)24-11-12-26-17(24)14-5-7-15(8-6-14)19(20,21)22/h3-10,17H,2,11-12H2,1H3,(H,23,25)/t17-/m1/s1. The predicted octanol–water partition coefficient (Wildman–Crippen LogP) is 5.55. The highest BCUT2D eigenvalue weighted by molar-refractivity contribution is 7.99. The zero-order chi connectivity index (χ0) is 18.7. The average molecular weight is 380 g/mol. The molecule has 26 heavy (non-hydrogen) atoms. The Morgan fingerprint density at radius 1 is 1.15 bits per heavy atom. The number of nitrogens with one attached hydrogen (secondary N) is 1. The number of halogens is 3. The molecule has 2 aromatic carbocycles. The van der Waals surface area contributed by atoms with Gasteiger partial charge in [-0.3, -0.25) is 0 Å². The monoisotopic (exact) mass is 380 g/mol. The molecular weight excluding hydrogens is 361 g/mol. The summed E-state index contributed by atoms with van der Waals surface area (Å²) in [6.45, 7) is 2.61. The van der Waals surface area contributed by atoms with Crippen molar-refractivity contribution in [2.24, 2.45) is 0 Å². The second-order valence-corrected chi connectivity index (χ2v) is 7.21. The van der Waals surface area contributed by atoms with Gasteiger partial charge in [0.25, 0.3) is 0 Å². The molecule has 1 fully saturated rings. The Morgan fingerprint density at radius 3 is 2.38 bits per heavy atom. The number of urea groups is 1. The van der Waals surface area contributed by atoms with Crippen molar-refractivity contribution >= 4 is 23.5 Å². The van der Waals surface area contributed by atoms with Gasteiger partial charge in [-0.15, -0.1) is 11.8 Å². The van der Waals surface area contributed by atoms with Crippen LogP contribution in [-0.4, -0.2) is 23.2 Å². The third kappa shape index (κ3) is 4.15. The number of hydrogen-bond acceptors (Lipinski definition) is 2. The van der Waals surface area contributed by atoms with E-state index in [0.717, 1.165) is 24.3 Å². The van der Waals surface area contributed by atoms with E-state index in [1.54, 1.807) is 16.7 Å². The molecule has 1 N–H and O–H groups in total. The van der Waals surface area contributed by atoms with Crippen LogP contribution in [0.3, 0.4) is 0 Å². The first kappa shape index (κ1) is 18.6. The van der Waals surface area contributed by atoms with Crippen LogP contribution in [0.15, 0.2) is 48.5 Å². The number of thioether (sulfide) groups is 1. The van der Waals surface area contributed by atoms with Gasteiger partial charge in [0.15, 0.2) is 0 Å². The fourth-order valence-electron chi connectivity index (χ4n) is 2.81. The van der Waals surface area contributed by atoms with Gasteiger partial charge in [-0.2, -0.15) is 13.2 Å². The summed E-state index contributed by atoms with van der Waals surface area (Å²) in [5.41, 5.74) is 1.89. The summed E-state index contributed by atoms with van der Waals surface area (Å²) in [6.07, 6.45) is -3.43. The Bertz CT molecular complexity index is 760. The molecule has 0 spiro atoms. The lowest BCUT2D eigenvalue weighted by molar-refractivity contribution is -0.137. The molecule has 0 aromatic heterocycles. The lowest BCUT2D eigenvalue weighted by Gasteiger charge is -2.24. The van der Waals surface area contributed by atoms with Crippen molar-refractivity contribution in [3.8, 4) is 0 Å². The van der Waals surface area contributed by atoms with E-state index in [4.69, 9.17) is 0 Å². The minimum Gasteiger partial charge on any atom is -0.308 e. The van der Waals surface area contributed by atoms with Crippen LogP contribution in [0.4, 0.5) is 23.7 Å². The molecule has 138 valence electrons. The van der Waals surface area contributed by atoms with E-state index in [-0.39, 0.29) is 11.4 Å². The van der Waals surface area contributed by atoms with E-state index in [0.29, 0.717) is 17.8 Å². The van der Waals surface area contributed by atoms with Crippen LogP contribution in [0.1, 0.15) is 29.0 Å². The summed E-state index contributed by atoms with van der Waals surface area (Å²) in [5, 5.41) is 2.58. The highest BCUT2D eigenvalue weighted by Gasteiger charge is 2.33. The Labute approximate surface area is 154 Å². The molecule has 1 aliphatic rings. The summed E-state index contributed by atoms with van der Waals surface area (Å²) in [5.74, 6) is 0.744. The number of hydrogen-bond donors (Lipinski definition) is 1. The van der Waals surface area contributed by atoms with E-state index >= 15 is 0 Å². The molecule has 0 saturated carbocycles. The fraction of sp³-hybridized carbons (Fsp3) is 0.316. The van der Waals surface area contributed by atoms with E-state index < -0.39 is 11.7 Å². The molecule has 0 bridgehead atoms.